The number of rotatable bonds is 7. The number of ether oxygens (including phenoxy) is 1. The normalized spacial score (nSPS) is 12.4. The van der Waals surface area contributed by atoms with E-state index in [1.807, 2.05) is 16.9 Å². The second-order valence-corrected chi connectivity index (χ2v) is 11.4. The second-order valence-electron chi connectivity index (χ2n) is 9.86. The monoisotopic (exact) mass is 599 g/mol. The number of carbonyl (C=O) groups excluding carboxylic acids is 2. The lowest BCUT2D eigenvalue weighted by molar-refractivity contribution is 0.103. The maximum atomic E-state index is 15.8. The van der Waals surface area contributed by atoms with Gasteiger partial charge in [-0.2, -0.15) is 8.42 Å². The topological polar surface area (TPSA) is 137 Å². The molecular weight excluding hydrogens is 576 g/mol. The van der Waals surface area contributed by atoms with Gasteiger partial charge in [0, 0.05) is 28.8 Å². The fourth-order valence-electron chi connectivity index (χ4n) is 4.86. The summed E-state index contributed by atoms with van der Waals surface area (Å²) in [6.07, 6.45) is 3.00. The van der Waals surface area contributed by atoms with E-state index in [0.29, 0.717) is 39.1 Å². The number of nitrogens with zero attached hydrogens (tertiary/aromatic N) is 1. The lowest BCUT2D eigenvalue weighted by atomic mass is 9.76. The summed E-state index contributed by atoms with van der Waals surface area (Å²) >= 11 is 0. The van der Waals surface area contributed by atoms with Crippen molar-refractivity contribution in [3.8, 4) is 11.5 Å². The van der Waals surface area contributed by atoms with Crippen LogP contribution in [0.2, 0.25) is 0 Å². The van der Waals surface area contributed by atoms with Crippen LogP contribution in [0.5, 0.6) is 11.5 Å². The molecule has 0 aliphatic carbocycles. The van der Waals surface area contributed by atoms with Crippen LogP contribution in [0.1, 0.15) is 32.6 Å². The molecule has 2 N–H and O–H groups in total. The van der Waals surface area contributed by atoms with E-state index in [9.17, 15) is 18.0 Å². The van der Waals surface area contributed by atoms with Gasteiger partial charge < -0.3 is 19.0 Å². The molecule has 0 atom stereocenters. The Labute approximate surface area is 246 Å². The van der Waals surface area contributed by atoms with Crippen LogP contribution >= 0.6 is 0 Å². The van der Waals surface area contributed by atoms with E-state index in [-0.39, 0.29) is 23.3 Å². The number of sulfonamides is 1. The molecule has 216 valence electrons. The number of carbonyl (C=O) groups is 2. The Morgan fingerprint density at radius 2 is 1.67 bits per heavy atom. The van der Waals surface area contributed by atoms with Gasteiger partial charge in [0.15, 0.2) is 11.6 Å². The Morgan fingerprint density at radius 1 is 1.00 bits per heavy atom. The highest BCUT2D eigenvalue weighted by atomic mass is 32.2. The van der Waals surface area contributed by atoms with Crippen molar-refractivity contribution in [1.82, 2.24) is 9.97 Å². The van der Waals surface area contributed by atoms with E-state index in [1.165, 1.54) is 19.2 Å². The van der Waals surface area contributed by atoms with Crippen LogP contribution in [-0.2, 0) is 21.4 Å². The van der Waals surface area contributed by atoms with Gasteiger partial charge in [-0.1, -0.05) is 48.5 Å². The predicted octanol–water partition coefficient (Wildman–Crippen LogP) is 4.79. The summed E-state index contributed by atoms with van der Waals surface area (Å²) in [4.78, 5) is 33.5. The summed E-state index contributed by atoms with van der Waals surface area (Å²) in [7, 11) is -5.60. The molecule has 5 aromatic rings. The molecule has 0 unspecified atom stereocenters. The lowest BCUT2D eigenvalue weighted by Crippen LogP contribution is -2.41. The minimum absolute atomic E-state index is 0.113. The third kappa shape index (κ3) is 5.19. The van der Waals surface area contributed by atoms with Gasteiger partial charge in [-0.15, -0.1) is 0 Å². The molecule has 0 amide bonds. The van der Waals surface area contributed by atoms with Crippen LogP contribution in [0.3, 0.4) is 0 Å². The molecule has 0 saturated carbocycles. The Balaban J connectivity index is 1.29. The number of para-hydroxylation sites is 2. The van der Waals surface area contributed by atoms with Gasteiger partial charge in [0.05, 0.1) is 11.3 Å². The Morgan fingerprint density at radius 3 is 2.37 bits per heavy atom. The minimum atomic E-state index is -4.80. The van der Waals surface area contributed by atoms with Gasteiger partial charge in [-0.05, 0) is 48.7 Å². The number of halogens is 1. The number of benzene rings is 3. The van der Waals surface area contributed by atoms with Crippen molar-refractivity contribution in [2.75, 3.05) is 4.72 Å². The van der Waals surface area contributed by atoms with Crippen LogP contribution < -0.4 is 19.5 Å². The zero-order valence-corrected chi connectivity index (χ0v) is 23.7. The van der Waals surface area contributed by atoms with Crippen molar-refractivity contribution < 1.29 is 36.4 Å². The van der Waals surface area contributed by atoms with Gasteiger partial charge in [-0.25, -0.2) is 14.2 Å². The average molecular weight is 599 g/mol. The van der Waals surface area contributed by atoms with Gasteiger partial charge in [0.2, 0.25) is 0 Å². The summed E-state index contributed by atoms with van der Waals surface area (Å²) in [5.74, 6) is -0.720. The first-order chi connectivity index (χ1) is 20.6. The number of H-pyrrole nitrogens is 1. The molecule has 10 nitrogen and oxygen atoms in total. The molecule has 0 radical (unpaired) electrons. The van der Waals surface area contributed by atoms with Crippen LogP contribution in [0.4, 0.5) is 14.9 Å². The van der Waals surface area contributed by atoms with E-state index in [4.69, 9.17) is 14.0 Å². The molecule has 1 aliphatic heterocycles. The number of aromatic nitrogens is 2. The SMILES string of the molecule is Cc1ccc(NS(=O)(=O)C(=O)OCc2ccccc2)c(F)c1C(=O)c1c[nH]c2ncc(B3Oc4ccccc4O3)c(C)c12. The first-order valence-corrected chi connectivity index (χ1v) is 14.6. The highest BCUT2D eigenvalue weighted by Crippen LogP contribution is 2.34. The van der Waals surface area contributed by atoms with Crippen molar-refractivity contribution in [3.63, 3.8) is 0 Å². The molecule has 0 bridgehead atoms. The number of nitrogens with one attached hydrogen (secondary N) is 2. The van der Waals surface area contributed by atoms with E-state index in [2.05, 4.69) is 9.97 Å². The fraction of sp³-hybridized carbons (Fsp3) is 0.100. The number of aryl methyl sites for hydroxylation is 2. The van der Waals surface area contributed by atoms with E-state index in [1.54, 1.807) is 55.6 Å². The molecule has 13 heteroatoms. The molecule has 1 aliphatic rings. The largest absolute Gasteiger partial charge is 0.634 e. The van der Waals surface area contributed by atoms with Crippen molar-refractivity contribution in [3.05, 3.63) is 113 Å². The summed E-state index contributed by atoms with van der Waals surface area (Å²) < 4.78 is 59.8. The Kier molecular flexibility index (Phi) is 7.10. The zero-order chi connectivity index (χ0) is 30.3. The summed E-state index contributed by atoms with van der Waals surface area (Å²) in [5.41, 5.74) is 1.58. The van der Waals surface area contributed by atoms with Crippen molar-refractivity contribution in [2.45, 2.75) is 20.5 Å². The van der Waals surface area contributed by atoms with Crippen LogP contribution in [0.15, 0.2) is 79.1 Å². The third-order valence-electron chi connectivity index (χ3n) is 7.06. The molecule has 3 aromatic carbocycles. The maximum absolute atomic E-state index is 15.8. The number of hydrogen-bond donors (Lipinski definition) is 2. The first kappa shape index (κ1) is 28.0. The molecule has 0 spiro atoms. The average Bonchev–Trinajstić information content (AvgIpc) is 3.63. The van der Waals surface area contributed by atoms with Crippen molar-refractivity contribution in [2.24, 2.45) is 0 Å². The van der Waals surface area contributed by atoms with E-state index in [0.717, 1.165) is 6.07 Å². The highest BCUT2D eigenvalue weighted by Gasteiger charge is 2.37. The Bertz CT molecular complexity index is 1990. The zero-order valence-electron chi connectivity index (χ0n) is 22.9. The first-order valence-electron chi connectivity index (χ1n) is 13.1. The maximum Gasteiger partial charge on any atom is 0.634 e. The third-order valence-corrected chi connectivity index (χ3v) is 8.10. The van der Waals surface area contributed by atoms with Gasteiger partial charge in [0.25, 0.3) is 0 Å². The molecule has 3 heterocycles. The number of ketones is 1. The second kappa shape index (κ2) is 10.9. The molecule has 0 fully saturated rings. The molecule has 0 saturated heterocycles. The molecule has 6 rings (SSSR count). The van der Waals surface area contributed by atoms with Crippen LogP contribution in [-0.4, -0.2) is 36.6 Å². The molecular formula is C30H23BFN3O7S. The Hall–Kier alpha value is -5.17. The predicted molar refractivity (Wildman–Crippen MR) is 158 cm³/mol. The summed E-state index contributed by atoms with van der Waals surface area (Å²) in [6.45, 7) is 3.00. The number of pyridine rings is 1. The quantitative estimate of drug-likeness (QED) is 0.155. The highest BCUT2D eigenvalue weighted by molar-refractivity contribution is 8.06. The van der Waals surface area contributed by atoms with Gasteiger partial charge >= 0.3 is 22.4 Å². The van der Waals surface area contributed by atoms with E-state index < -0.39 is 39.7 Å². The number of fused-ring (bicyclic) bond motifs is 2. The standard InChI is InChI=1S/C30H23BFN3O7S/c1-17-12-13-22(35-43(38,39)30(37)40-16-19-8-4-3-5-9-19)27(32)25(17)28(36)20-14-33-29-26(20)18(2)21(15-34-29)31-41-23-10-6-7-11-24(23)42-31/h3-15,35H,16H2,1-2H3,(H,33,34). The van der Waals surface area contributed by atoms with E-state index >= 15 is 4.39 Å². The molecule has 43 heavy (non-hydrogen) atoms. The minimum Gasteiger partial charge on any atom is -0.519 e. The summed E-state index contributed by atoms with van der Waals surface area (Å²) in [6, 6.07) is 18.2. The number of aromatic amines is 1. The van der Waals surface area contributed by atoms with Gasteiger partial charge in [-0.3, -0.25) is 9.52 Å². The molecule has 2 aromatic heterocycles. The smallest absolute Gasteiger partial charge is 0.519 e. The number of hydrogen-bond acceptors (Lipinski definition) is 8. The van der Waals surface area contributed by atoms with Crippen LogP contribution in [0, 0.1) is 19.7 Å². The fourth-order valence-corrected chi connectivity index (χ4v) is 5.60. The van der Waals surface area contributed by atoms with Crippen LogP contribution in [0.25, 0.3) is 11.0 Å². The number of anilines is 1. The van der Waals surface area contributed by atoms with Gasteiger partial charge in [0.1, 0.15) is 23.8 Å². The lowest BCUT2D eigenvalue weighted by Gasteiger charge is -2.13. The van der Waals surface area contributed by atoms with Crippen molar-refractivity contribution in [1.29, 1.82) is 0 Å². The van der Waals surface area contributed by atoms with Crippen molar-refractivity contribution >= 4 is 50.4 Å². The summed E-state index contributed by atoms with van der Waals surface area (Å²) in [5, 5.41) is -1.16.